The first-order chi connectivity index (χ1) is 7.25. The van der Waals surface area contributed by atoms with Crippen molar-refractivity contribution >= 4 is 28.3 Å². The van der Waals surface area contributed by atoms with E-state index in [9.17, 15) is 0 Å². The zero-order valence-electron chi connectivity index (χ0n) is 9.45. The van der Waals surface area contributed by atoms with Gasteiger partial charge in [0.2, 0.25) is 0 Å². The lowest BCUT2D eigenvalue weighted by molar-refractivity contribution is 0.199. The maximum Gasteiger partial charge on any atom is 0.0246 e. The zero-order chi connectivity index (χ0) is 10.7. The van der Waals surface area contributed by atoms with Gasteiger partial charge in [-0.25, -0.2) is 0 Å². The largest absolute Gasteiger partial charge is 0.312 e. The van der Waals surface area contributed by atoms with Crippen molar-refractivity contribution in [2.45, 2.75) is 19.5 Å². The van der Waals surface area contributed by atoms with Crippen LogP contribution < -0.4 is 5.32 Å². The Labute approximate surface area is 112 Å². The maximum absolute atomic E-state index is 3.60. The number of piperazine rings is 1. The van der Waals surface area contributed by atoms with Gasteiger partial charge in [0, 0.05) is 36.7 Å². The molecule has 0 aliphatic carbocycles. The van der Waals surface area contributed by atoms with Crippen LogP contribution in [0, 0.1) is 0 Å². The van der Waals surface area contributed by atoms with Gasteiger partial charge in [-0.05, 0) is 18.6 Å². The minimum Gasteiger partial charge on any atom is -0.312 e. The third-order valence-corrected chi connectivity index (χ3v) is 3.58. The van der Waals surface area contributed by atoms with Crippen molar-refractivity contribution in [3.05, 3.63) is 34.3 Å². The van der Waals surface area contributed by atoms with Crippen LogP contribution in [-0.4, -0.2) is 30.6 Å². The van der Waals surface area contributed by atoms with Crippen LogP contribution in [0.25, 0.3) is 0 Å². The monoisotopic (exact) mass is 304 g/mol. The summed E-state index contributed by atoms with van der Waals surface area (Å²) in [5, 5.41) is 3.46. The van der Waals surface area contributed by atoms with Crippen molar-refractivity contribution in [1.29, 1.82) is 0 Å². The van der Waals surface area contributed by atoms with E-state index in [1.54, 1.807) is 0 Å². The topological polar surface area (TPSA) is 15.3 Å². The van der Waals surface area contributed by atoms with Crippen molar-refractivity contribution in [2.75, 3.05) is 19.6 Å². The van der Waals surface area contributed by atoms with E-state index in [-0.39, 0.29) is 12.4 Å². The molecule has 0 aromatic heterocycles. The molecule has 90 valence electrons. The Balaban J connectivity index is 0.00000128. The molecule has 4 heteroatoms. The molecule has 1 aromatic rings. The lowest BCUT2D eigenvalue weighted by Gasteiger charge is -2.32. The molecule has 0 bridgehead atoms. The molecule has 16 heavy (non-hydrogen) atoms. The fourth-order valence-corrected chi connectivity index (χ4v) is 2.43. The lowest BCUT2D eigenvalue weighted by atomic mass is 10.1. The minimum absolute atomic E-state index is 0. The van der Waals surface area contributed by atoms with Crippen LogP contribution in [0.1, 0.15) is 12.5 Å². The van der Waals surface area contributed by atoms with E-state index in [0.29, 0.717) is 6.04 Å². The Hall–Kier alpha value is -0.0900. The summed E-state index contributed by atoms with van der Waals surface area (Å²) in [4.78, 5) is 2.50. The summed E-state index contributed by atoms with van der Waals surface area (Å²) in [6.07, 6.45) is 0. The molecular weight excluding hydrogens is 288 g/mol. The van der Waals surface area contributed by atoms with Crippen molar-refractivity contribution in [3.8, 4) is 0 Å². The van der Waals surface area contributed by atoms with Crippen molar-refractivity contribution in [1.82, 2.24) is 10.2 Å². The lowest BCUT2D eigenvalue weighted by Crippen LogP contribution is -2.48. The number of hydrogen-bond donors (Lipinski definition) is 1. The number of benzene rings is 1. The second kappa shape index (κ2) is 6.60. The first-order valence-electron chi connectivity index (χ1n) is 5.45. The summed E-state index contributed by atoms with van der Waals surface area (Å²) < 4.78 is 1.22. The van der Waals surface area contributed by atoms with Crippen molar-refractivity contribution in [3.63, 3.8) is 0 Å². The van der Waals surface area contributed by atoms with Gasteiger partial charge in [-0.3, -0.25) is 4.90 Å². The quantitative estimate of drug-likeness (QED) is 0.904. The molecule has 0 spiro atoms. The Bertz CT molecular complexity index is 333. The smallest absolute Gasteiger partial charge is 0.0246 e. The SMILES string of the molecule is CC1CN(Cc2ccccc2Br)CCN1.Cl. The van der Waals surface area contributed by atoms with Gasteiger partial charge >= 0.3 is 0 Å². The summed E-state index contributed by atoms with van der Waals surface area (Å²) in [5.41, 5.74) is 1.38. The number of halogens is 2. The highest BCUT2D eigenvalue weighted by atomic mass is 79.9. The fraction of sp³-hybridized carbons (Fsp3) is 0.500. The van der Waals surface area contributed by atoms with Gasteiger partial charge in [0.05, 0.1) is 0 Å². The molecule has 2 nitrogen and oxygen atoms in total. The van der Waals surface area contributed by atoms with E-state index >= 15 is 0 Å². The molecule has 1 aliphatic rings. The van der Waals surface area contributed by atoms with Crippen LogP contribution in [-0.2, 0) is 6.54 Å². The van der Waals surface area contributed by atoms with Crippen LogP contribution in [0.4, 0.5) is 0 Å². The summed E-state index contributed by atoms with van der Waals surface area (Å²) >= 11 is 3.60. The second-order valence-electron chi connectivity index (χ2n) is 4.18. The Morgan fingerprint density at radius 2 is 2.19 bits per heavy atom. The molecule has 1 aromatic carbocycles. The normalized spacial score (nSPS) is 21.5. The fourth-order valence-electron chi connectivity index (χ4n) is 2.02. The van der Waals surface area contributed by atoms with Crippen LogP contribution in [0.5, 0.6) is 0 Å². The molecule has 0 amide bonds. The van der Waals surface area contributed by atoms with E-state index in [1.165, 1.54) is 10.0 Å². The molecule has 0 saturated carbocycles. The van der Waals surface area contributed by atoms with Gasteiger partial charge in [-0.1, -0.05) is 34.1 Å². The molecule has 1 aliphatic heterocycles. The highest BCUT2D eigenvalue weighted by molar-refractivity contribution is 9.10. The molecular formula is C12H18BrClN2. The Morgan fingerprint density at radius 3 is 2.88 bits per heavy atom. The van der Waals surface area contributed by atoms with Gasteiger partial charge in [-0.2, -0.15) is 0 Å². The van der Waals surface area contributed by atoms with E-state index in [2.05, 4.69) is 57.3 Å². The standard InChI is InChI=1S/C12H17BrN2.ClH/c1-10-8-15(7-6-14-10)9-11-4-2-3-5-12(11)13;/h2-5,10,14H,6-9H2,1H3;1H. The van der Waals surface area contributed by atoms with E-state index in [1.807, 2.05) is 0 Å². The number of rotatable bonds is 2. The van der Waals surface area contributed by atoms with Crippen LogP contribution in [0.3, 0.4) is 0 Å². The summed E-state index contributed by atoms with van der Waals surface area (Å²) in [6.45, 7) is 6.68. The third kappa shape index (κ3) is 3.74. The van der Waals surface area contributed by atoms with Crippen LogP contribution in [0.15, 0.2) is 28.7 Å². The van der Waals surface area contributed by atoms with Gasteiger partial charge in [0.1, 0.15) is 0 Å². The molecule has 1 saturated heterocycles. The second-order valence-corrected chi connectivity index (χ2v) is 5.04. The maximum atomic E-state index is 3.60. The summed E-state index contributed by atoms with van der Waals surface area (Å²) in [6, 6.07) is 9.08. The van der Waals surface area contributed by atoms with E-state index in [4.69, 9.17) is 0 Å². The molecule has 1 unspecified atom stereocenters. The van der Waals surface area contributed by atoms with Crippen molar-refractivity contribution < 1.29 is 0 Å². The molecule has 2 rings (SSSR count). The molecule has 1 heterocycles. The van der Waals surface area contributed by atoms with Gasteiger partial charge in [0.15, 0.2) is 0 Å². The van der Waals surface area contributed by atoms with Gasteiger partial charge in [-0.15, -0.1) is 12.4 Å². The summed E-state index contributed by atoms with van der Waals surface area (Å²) in [5.74, 6) is 0. The average molecular weight is 306 g/mol. The molecule has 0 radical (unpaired) electrons. The van der Waals surface area contributed by atoms with Gasteiger partial charge in [0.25, 0.3) is 0 Å². The minimum atomic E-state index is 0. The molecule has 1 atom stereocenters. The van der Waals surface area contributed by atoms with E-state index < -0.39 is 0 Å². The summed E-state index contributed by atoms with van der Waals surface area (Å²) in [7, 11) is 0. The first kappa shape index (κ1) is 14.0. The van der Waals surface area contributed by atoms with E-state index in [0.717, 1.165) is 26.2 Å². The Kier molecular flexibility index (Phi) is 5.76. The highest BCUT2D eigenvalue weighted by Gasteiger charge is 2.15. The predicted molar refractivity (Wildman–Crippen MR) is 74.1 cm³/mol. The van der Waals surface area contributed by atoms with Crippen LogP contribution >= 0.6 is 28.3 Å². The van der Waals surface area contributed by atoms with Gasteiger partial charge < -0.3 is 5.32 Å². The van der Waals surface area contributed by atoms with Crippen LogP contribution in [0.2, 0.25) is 0 Å². The first-order valence-corrected chi connectivity index (χ1v) is 6.24. The number of hydrogen-bond acceptors (Lipinski definition) is 2. The number of nitrogens with zero attached hydrogens (tertiary/aromatic N) is 1. The molecule has 1 N–H and O–H groups in total. The zero-order valence-corrected chi connectivity index (χ0v) is 11.9. The Morgan fingerprint density at radius 1 is 1.44 bits per heavy atom. The molecule has 1 fully saturated rings. The third-order valence-electron chi connectivity index (χ3n) is 2.80. The predicted octanol–water partition coefficient (Wildman–Crippen LogP) is 2.66. The average Bonchev–Trinajstić information content (AvgIpc) is 2.22. The number of nitrogens with one attached hydrogen (secondary N) is 1. The van der Waals surface area contributed by atoms with Crippen molar-refractivity contribution in [2.24, 2.45) is 0 Å². The highest BCUT2D eigenvalue weighted by Crippen LogP contribution is 2.18.